The molecule has 0 saturated heterocycles. The maximum atomic E-state index is 12.3. The van der Waals surface area contributed by atoms with E-state index in [0.29, 0.717) is 15.7 Å². The van der Waals surface area contributed by atoms with E-state index >= 15 is 0 Å². The van der Waals surface area contributed by atoms with E-state index in [9.17, 15) is 14.9 Å². The number of hydrogen-bond donors (Lipinski definition) is 2. The summed E-state index contributed by atoms with van der Waals surface area (Å²) in [5.41, 5.74) is 1.29. The molecule has 0 bridgehead atoms. The largest absolute Gasteiger partial charge is 0.325 e. The van der Waals surface area contributed by atoms with Crippen LogP contribution in [0.5, 0.6) is 0 Å². The van der Waals surface area contributed by atoms with Crippen LogP contribution < -0.4 is 10.6 Å². The Morgan fingerprint density at radius 3 is 2.32 bits per heavy atom. The summed E-state index contributed by atoms with van der Waals surface area (Å²) in [5, 5.41) is 17.6. The van der Waals surface area contributed by atoms with Crippen LogP contribution in [0.25, 0.3) is 0 Å². The van der Waals surface area contributed by atoms with Gasteiger partial charge in [0, 0.05) is 33.9 Å². The van der Waals surface area contributed by atoms with E-state index in [0.717, 1.165) is 5.56 Å². The Labute approximate surface area is 155 Å². The van der Waals surface area contributed by atoms with Crippen LogP contribution in [-0.2, 0) is 4.79 Å². The topological polar surface area (TPSA) is 84.3 Å². The second-order valence-electron chi connectivity index (χ2n) is 5.57. The number of halogens is 2. The van der Waals surface area contributed by atoms with E-state index in [1.54, 1.807) is 19.1 Å². The number of amides is 1. The third-order valence-corrected chi connectivity index (χ3v) is 4.23. The number of nitrogens with zero attached hydrogens (tertiary/aromatic N) is 1. The molecule has 2 unspecified atom stereocenters. The molecule has 0 heterocycles. The molecule has 0 saturated carbocycles. The Kier molecular flexibility index (Phi) is 6.36. The number of hydrogen-bond acceptors (Lipinski definition) is 4. The van der Waals surface area contributed by atoms with E-state index in [4.69, 9.17) is 23.2 Å². The molecule has 2 aromatic carbocycles. The van der Waals surface area contributed by atoms with Crippen LogP contribution in [0.3, 0.4) is 0 Å². The average molecular weight is 382 g/mol. The fourth-order valence-corrected chi connectivity index (χ4v) is 2.88. The van der Waals surface area contributed by atoms with Gasteiger partial charge in [0.25, 0.3) is 5.69 Å². The molecule has 0 radical (unpaired) electrons. The predicted molar refractivity (Wildman–Crippen MR) is 99.2 cm³/mol. The number of nitro benzene ring substituents is 1. The number of nitrogens with one attached hydrogen (secondary N) is 2. The van der Waals surface area contributed by atoms with Gasteiger partial charge in [-0.1, -0.05) is 29.3 Å². The first kappa shape index (κ1) is 19.2. The highest BCUT2D eigenvalue weighted by molar-refractivity contribution is 6.35. The van der Waals surface area contributed by atoms with Crippen LogP contribution >= 0.6 is 23.2 Å². The van der Waals surface area contributed by atoms with E-state index in [-0.39, 0.29) is 17.6 Å². The molecular formula is C17H17Cl2N3O3. The van der Waals surface area contributed by atoms with Crippen LogP contribution in [-0.4, -0.2) is 16.9 Å². The van der Waals surface area contributed by atoms with Gasteiger partial charge in [-0.25, -0.2) is 0 Å². The van der Waals surface area contributed by atoms with Gasteiger partial charge in [-0.05, 0) is 43.7 Å². The number of carbonyl (C=O) groups is 1. The standard InChI is InChI=1S/C17H17Cl2N3O3/c1-10(15-8-3-12(18)9-16(15)19)20-11(2)17(23)21-13-4-6-14(7-5-13)22(24)25/h3-11,20H,1-2H3,(H,21,23). The molecule has 0 aliphatic rings. The van der Waals surface area contributed by atoms with Gasteiger partial charge in [0.2, 0.25) is 5.91 Å². The third kappa shape index (κ3) is 5.16. The van der Waals surface area contributed by atoms with Crippen molar-refractivity contribution in [2.75, 3.05) is 5.32 Å². The van der Waals surface area contributed by atoms with Crippen LogP contribution in [0.2, 0.25) is 10.0 Å². The minimum absolute atomic E-state index is 0.0322. The monoisotopic (exact) mass is 381 g/mol. The van der Waals surface area contributed by atoms with E-state index in [1.807, 2.05) is 13.0 Å². The fourth-order valence-electron chi connectivity index (χ4n) is 2.31. The van der Waals surface area contributed by atoms with Crippen molar-refractivity contribution in [1.82, 2.24) is 5.32 Å². The van der Waals surface area contributed by atoms with Gasteiger partial charge in [-0.3, -0.25) is 20.2 Å². The van der Waals surface area contributed by atoms with Crippen molar-refractivity contribution in [3.05, 3.63) is 68.2 Å². The van der Waals surface area contributed by atoms with Gasteiger partial charge in [-0.15, -0.1) is 0 Å². The van der Waals surface area contributed by atoms with Gasteiger partial charge in [0.1, 0.15) is 0 Å². The molecule has 1 amide bonds. The second kappa shape index (κ2) is 8.29. The number of rotatable bonds is 6. The maximum absolute atomic E-state index is 12.3. The highest BCUT2D eigenvalue weighted by Crippen LogP contribution is 2.26. The molecule has 2 aromatic rings. The summed E-state index contributed by atoms with van der Waals surface area (Å²) in [4.78, 5) is 22.4. The first-order valence-corrected chi connectivity index (χ1v) is 8.30. The first-order valence-electron chi connectivity index (χ1n) is 7.54. The molecule has 2 N–H and O–H groups in total. The highest BCUT2D eigenvalue weighted by atomic mass is 35.5. The summed E-state index contributed by atoms with van der Waals surface area (Å²) < 4.78 is 0. The van der Waals surface area contributed by atoms with Crippen molar-refractivity contribution >= 4 is 40.5 Å². The van der Waals surface area contributed by atoms with Crippen molar-refractivity contribution < 1.29 is 9.72 Å². The van der Waals surface area contributed by atoms with Crippen LogP contribution in [0, 0.1) is 10.1 Å². The Morgan fingerprint density at radius 1 is 1.12 bits per heavy atom. The summed E-state index contributed by atoms with van der Waals surface area (Å²) in [6, 6.07) is 10.2. The average Bonchev–Trinajstić information content (AvgIpc) is 2.55. The van der Waals surface area contributed by atoms with Gasteiger partial charge in [0.15, 0.2) is 0 Å². The SMILES string of the molecule is CC(NC(C)c1ccc(Cl)cc1Cl)C(=O)Nc1ccc([N+](=O)[O-])cc1. The number of carbonyl (C=O) groups excluding carboxylic acids is 1. The van der Waals surface area contributed by atoms with Gasteiger partial charge in [-0.2, -0.15) is 0 Å². The lowest BCUT2D eigenvalue weighted by atomic mass is 10.1. The number of benzene rings is 2. The number of anilines is 1. The Hall–Kier alpha value is -2.15. The van der Waals surface area contributed by atoms with Crippen LogP contribution in [0.1, 0.15) is 25.5 Å². The zero-order valence-electron chi connectivity index (χ0n) is 13.6. The smallest absolute Gasteiger partial charge is 0.269 e. The van der Waals surface area contributed by atoms with Crippen molar-refractivity contribution in [2.45, 2.75) is 25.9 Å². The first-order chi connectivity index (χ1) is 11.8. The fraction of sp³-hybridized carbons (Fsp3) is 0.235. The molecule has 0 aromatic heterocycles. The second-order valence-corrected chi connectivity index (χ2v) is 6.41. The van der Waals surface area contributed by atoms with Crippen molar-refractivity contribution in [3.8, 4) is 0 Å². The number of nitro groups is 1. The van der Waals surface area contributed by atoms with Crippen molar-refractivity contribution in [2.24, 2.45) is 0 Å². The lowest BCUT2D eigenvalue weighted by molar-refractivity contribution is -0.384. The molecular weight excluding hydrogens is 365 g/mol. The minimum Gasteiger partial charge on any atom is -0.325 e. The summed E-state index contributed by atoms with van der Waals surface area (Å²) in [6.45, 7) is 3.62. The Balaban J connectivity index is 1.98. The van der Waals surface area contributed by atoms with Gasteiger partial charge < -0.3 is 5.32 Å². The number of non-ortho nitro benzene ring substituents is 1. The maximum Gasteiger partial charge on any atom is 0.269 e. The molecule has 2 rings (SSSR count). The molecule has 132 valence electrons. The zero-order valence-corrected chi connectivity index (χ0v) is 15.1. The minimum atomic E-state index is -0.503. The van der Waals surface area contributed by atoms with E-state index < -0.39 is 11.0 Å². The quantitative estimate of drug-likeness (QED) is 0.566. The van der Waals surface area contributed by atoms with E-state index in [2.05, 4.69) is 10.6 Å². The normalized spacial score (nSPS) is 13.1. The molecule has 0 spiro atoms. The van der Waals surface area contributed by atoms with Crippen LogP contribution in [0.15, 0.2) is 42.5 Å². The third-order valence-electron chi connectivity index (χ3n) is 3.67. The van der Waals surface area contributed by atoms with Gasteiger partial charge >= 0.3 is 0 Å². The molecule has 0 aliphatic carbocycles. The predicted octanol–water partition coefficient (Wildman–Crippen LogP) is 4.58. The molecule has 0 aliphatic heterocycles. The molecule has 6 nitrogen and oxygen atoms in total. The van der Waals surface area contributed by atoms with Crippen molar-refractivity contribution in [3.63, 3.8) is 0 Å². The summed E-state index contributed by atoms with van der Waals surface area (Å²) in [7, 11) is 0. The lowest BCUT2D eigenvalue weighted by Crippen LogP contribution is -2.39. The Morgan fingerprint density at radius 2 is 1.76 bits per heavy atom. The molecule has 2 atom stereocenters. The molecule has 0 fully saturated rings. The summed E-state index contributed by atoms with van der Waals surface area (Å²) in [6.07, 6.45) is 0. The summed E-state index contributed by atoms with van der Waals surface area (Å²) >= 11 is 12.1. The van der Waals surface area contributed by atoms with Crippen molar-refractivity contribution in [1.29, 1.82) is 0 Å². The Bertz CT molecular complexity index is 781. The van der Waals surface area contributed by atoms with Crippen LogP contribution in [0.4, 0.5) is 11.4 Å². The highest BCUT2D eigenvalue weighted by Gasteiger charge is 2.18. The van der Waals surface area contributed by atoms with E-state index in [1.165, 1.54) is 24.3 Å². The lowest BCUT2D eigenvalue weighted by Gasteiger charge is -2.21. The molecule has 25 heavy (non-hydrogen) atoms. The summed E-state index contributed by atoms with van der Waals surface area (Å²) in [5.74, 6) is -0.259. The molecule has 8 heteroatoms. The van der Waals surface area contributed by atoms with Gasteiger partial charge in [0.05, 0.1) is 11.0 Å². The zero-order chi connectivity index (χ0) is 18.6.